The van der Waals surface area contributed by atoms with Gasteiger partial charge in [0.25, 0.3) is 5.91 Å². The van der Waals surface area contributed by atoms with Crippen LogP contribution in [-0.2, 0) is 0 Å². The smallest absolute Gasteiger partial charge is 0.253 e. The number of nitrogens with one attached hydrogen (secondary N) is 2. The van der Waals surface area contributed by atoms with Gasteiger partial charge in [-0.15, -0.1) is 0 Å². The van der Waals surface area contributed by atoms with Gasteiger partial charge in [-0.2, -0.15) is 0 Å². The van der Waals surface area contributed by atoms with Crippen molar-refractivity contribution in [3.8, 4) is 0 Å². The summed E-state index contributed by atoms with van der Waals surface area (Å²) in [6, 6.07) is 6.21. The summed E-state index contributed by atoms with van der Waals surface area (Å²) in [5.74, 6) is 0.0463. The largest absolute Gasteiger partial charge is 0.371 e. The Bertz CT molecular complexity index is 574. The topological polar surface area (TPSA) is 44.4 Å². The van der Waals surface area contributed by atoms with E-state index in [-0.39, 0.29) is 5.91 Å². The molecule has 0 unspecified atom stereocenters. The highest BCUT2D eigenvalue weighted by molar-refractivity contribution is 6.00. The van der Waals surface area contributed by atoms with Crippen molar-refractivity contribution >= 4 is 11.6 Å². The van der Waals surface area contributed by atoms with Crippen LogP contribution in [0.4, 0.5) is 5.69 Å². The van der Waals surface area contributed by atoms with Crippen LogP contribution in [0.5, 0.6) is 0 Å². The Balaban J connectivity index is 1.73. The number of carbonyl (C=O) groups is 1. The lowest BCUT2D eigenvalue weighted by Gasteiger charge is -2.22. The highest BCUT2D eigenvalue weighted by atomic mass is 16.1. The summed E-state index contributed by atoms with van der Waals surface area (Å²) >= 11 is 0. The zero-order chi connectivity index (χ0) is 15.4. The number of hydrogen-bond donors (Lipinski definition) is 2. The molecule has 4 heteroatoms. The maximum Gasteiger partial charge on any atom is 0.253 e. The van der Waals surface area contributed by atoms with E-state index in [1.165, 1.54) is 18.4 Å². The Morgan fingerprint density at radius 2 is 2.14 bits per heavy atom. The molecule has 1 fully saturated rings. The van der Waals surface area contributed by atoms with Gasteiger partial charge in [0.1, 0.15) is 0 Å². The molecule has 0 radical (unpaired) electrons. The van der Waals surface area contributed by atoms with Gasteiger partial charge < -0.3 is 15.5 Å². The van der Waals surface area contributed by atoms with E-state index in [2.05, 4.69) is 33.7 Å². The molecule has 0 atom stereocenters. The van der Waals surface area contributed by atoms with Crippen LogP contribution in [0.1, 0.15) is 35.2 Å². The lowest BCUT2D eigenvalue weighted by Crippen LogP contribution is -2.31. The summed E-state index contributed by atoms with van der Waals surface area (Å²) in [5, 5.41) is 6.39. The van der Waals surface area contributed by atoms with Crippen LogP contribution < -0.4 is 15.5 Å². The molecule has 0 bridgehead atoms. The lowest BCUT2D eigenvalue weighted by atomic mass is 10.1. The first-order valence-corrected chi connectivity index (χ1v) is 8.26. The fraction of sp³-hybridized carbons (Fsp3) is 0.500. The van der Waals surface area contributed by atoms with E-state index in [0.717, 1.165) is 49.4 Å². The van der Waals surface area contributed by atoms with Gasteiger partial charge in [0, 0.05) is 31.9 Å². The van der Waals surface area contributed by atoms with Crippen molar-refractivity contribution in [3.63, 3.8) is 0 Å². The minimum atomic E-state index is 0.0463. The van der Waals surface area contributed by atoms with Gasteiger partial charge in [0.05, 0.1) is 5.56 Å². The average Bonchev–Trinajstić information content (AvgIpc) is 3.08. The van der Waals surface area contributed by atoms with E-state index in [9.17, 15) is 4.79 Å². The van der Waals surface area contributed by atoms with Gasteiger partial charge in [-0.1, -0.05) is 23.3 Å². The zero-order valence-corrected chi connectivity index (χ0v) is 13.3. The second-order valence-corrected chi connectivity index (χ2v) is 6.21. The molecule has 2 aliphatic heterocycles. The Morgan fingerprint density at radius 3 is 2.86 bits per heavy atom. The molecule has 118 valence electrons. The number of nitrogens with zero attached hydrogens (tertiary/aromatic N) is 1. The predicted molar refractivity (Wildman–Crippen MR) is 90.5 cm³/mol. The third kappa shape index (κ3) is 3.50. The van der Waals surface area contributed by atoms with Gasteiger partial charge in [-0.05, 0) is 44.9 Å². The number of carbonyl (C=O) groups excluding carboxylic acids is 1. The Hall–Kier alpha value is -1.81. The molecule has 0 spiro atoms. The Kier molecular flexibility index (Phi) is 4.78. The minimum absolute atomic E-state index is 0.0463. The summed E-state index contributed by atoms with van der Waals surface area (Å²) in [6.45, 7) is 6.73. The molecule has 3 rings (SSSR count). The highest BCUT2D eigenvalue weighted by Gasteiger charge is 2.19. The molecule has 4 nitrogen and oxygen atoms in total. The van der Waals surface area contributed by atoms with Gasteiger partial charge in [0.2, 0.25) is 0 Å². The fourth-order valence-electron chi connectivity index (χ4n) is 3.18. The number of benzene rings is 1. The first-order chi connectivity index (χ1) is 10.7. The summed E-state index contributed by atoms with van der Waals surface area (Å²) in [7, 11) is 0. The average molecular weight is 299 g/mol. The molecule has 1 saturated heterocycles. The molecular formula is C18H25N3O. The maximum absolute atomic E-state index is 12.6. The van der Waals surface area contributed by atoms with E-state index >= 15 is 0 Å². The summed E-state index contributed by atoms with van der Waals surface area (Å²) < 4.78 is 0. The van der Waals surface area contributed by atoms with Crippen LogP contribution in [0, 0.1) is 6.92 Å². The van der Waals surface area contributed by atoms with Crippen LogP contribution in [0.25, 0.3) is 0 Å². The molecule has 1 aromatic carbocycles. The summed E-state index contributed by atoms with van der Waals surface area (Å²) in [6.07, 6.45) is 5.64. The molecular weight excluding hydrogens is 274 g/mol. The maximum atomic E-state index is 12.6. The van der Waals surface area contributed by atoms with E-state index in [4.69, 9.17) is 0 Å². The molecule has 0 aromatic heterocycles. The number of amides is 1. The highest BCUT2D eigenvalue weighted by Crippen LogP contribution is 2.25. The van der Waals surface area contributed by atoms with Crippen LogP contribution in [-0.4, -0.2) is 38.6 Å². The monoisotopic (exact) mass is 299 g/mol. The molecule has 2 heterocycles. The van der Waals surface area contributed by atoms with Crippen LogP contribution in [0.2, 0.25) is 0 Å². The van der Waals surface area contributed by atoms with Crippen LogP contribution >= 0.6 is 0 Å². The van der Waals surface area contributed by atoms with E-state index in [1.54, 1.807) is 0 Å². The molecule has 2 aliphatic rings. The molecule has 2 N–H and O–H groups in total. The number of anilines is 1. The molecule has 0 saturated carbocycles. The molecule has 0 aliphatic carbocycles. The van der Waals surface area contributed by atoms with Crippen molar-refractivity contribution in [2.24, 2.45) is 0 Å². The molecule has 22 heavy (non-hydrogen) atoms. The number of hydrogen-bond acceptors (Lipinski definition) is 3. The number of rotatable bonds is 4. The SMILES string of the molecule is Cc1ccc(N2CCCC2)c(C(=O)NCC2=CCNCC2)c1. The van der Waals surface area contributed by atoms with E-state index < -0.39 is 0 Å². The van der Waals surface area contributed by atoms with Crippen molar-refractivity contribution < 1.29 is 4.79 Å². The summed E-state index contributed by atoms with van der Waals surface area (Å²) in [4.78, 5) is 15.0. The van der Waals surface area contributed by atoms with Gasteiger partial charge in [0.15, 0.2) is 0 Å². The lowest BCUT2D eigenvalue weighted by molar-refractivity contribution is 0.0957. The standard InChI is InChI=1S/C18H25N3O/c1-14-4-5-17(21-10-2-3-11-21)16(12-14)18(22)20-13-15-6-8-19-9-7-15/h4-6,12,19H,2-3,7-11,13H2,1H3,(H,20,22). The minimum Gasteiger partial charge on any atom is -0.371 e. The Morgan fingerprint density at radius 1 is 1.32 bits per heavy atom. The van der Waals surface area contributed by atoms with Gasteiger partial charge >= 0.3 is 0 Å². The van der Waals surface area contributed by atoms with Crippen molar-refractivity contribution in [2.75, 3.05) is 37.6 Å². The van der Waals surface area contributed by atoms with Crippen molar-refractivity contribution in [1.82, 2.24) is 10.6 Å². The van der Waals surface area contributed by atoms with Gasteiger partial charge in [-0.25, -0.2) is 0 Å². The van der Waals surface area contributed by atoms with Gasteiger partial charge in [-0.3, -0.25) is 4.79 Å². The molecule has 1 aromatic rings. The van der Waals surface area contributed by atoms with E-state index in [0.29, 0.717) is 6.54 Å². The first kappa shape index (κ1) is 15.1. The molecule has 1 amide bonds. The normalized spacial score (nSPS) is 18.2. The van der Waals surface area contributed by atoms with Crippen LogP contribution in [0.3, 0.4) is 0 Å². The third-order valence-corrected chi connectivity index (χ3v) is 4.48. The second kappa shape index (κ2) is 6.97. The van der Waals surface area contributed by atoms with Crippen molar-refractivity contribution in [1.29, 1.82) is 0 Å². The predicted octanol–water partition coefficient (Wildman–Crippen LogP) is 2.24. The zero-order valence-electron chi connectivity index (χ0n) is 13.3. The van der Waals surface area contributed by atoms with Crippen molar-refractivity contribution in [3.05, 3.63) is 41.0 Å². The second-order valence-electron chi connectivity index (χ2n) is 6.21. The van der Waals surface area contributed by atoms with E-state index in [1.807, 2.05) is 13.0 Å². The first-order valence-electron chi connectivity index (χ1n) is 8.26. The third-order valence-electron chi connectivity index (χ3n) is 4.48. The van der Waals surface area contributed by atoms with Crippen molar-refractivity contribution in [2.45, 2.75) is 26.2 Å². The fourth-order valence-corrected chi connectivity index (χ4v) is 3.18. The van der Waals surface area contributed by atoms with Crippen LogP contribution in [0.15, 0.2) is 29.8 Å². The Labute approximate surface area is 132 Å². The quantitative estimate of drug-likeness (QED) is 0.838. The number of aryl methyl sites for hydroxylation is 1. The summed E-state index contributed by atoms with van der Waals surface area (Å²) in [5.41, 5.74) is 4.35.